The highest BCUT2D eigenvalue weighted by atomic mass is 16.5. The van der Waals surface area contributed by atoms with Gasteiger partial charge in [-0.15, -0.1) is 0 Å². The van der Waals surface area contributed by atoms with E-state index in [0.717, 1.165) is 55.2 Å². The van der Waals surface area contributed by atoms with E-state index in [0.29, 0.717) is 24.7 Å². The number of aromatic nitrogens is 1. The maximum absolute atomic E-state index is 13.5. The summed E-state index contributed by atoms with van der Waals surface area (Å²) in [6.07, 6.45) is 18.4. The van der Waals surface area contributed by atoms with Crippen molar-refractivity contribution in [3.63, 3.8) is 0 Å². The normalized spacial score (nSPS) is 11.6. The van der Waals surface area contributed by atoms with Crippen molar-refractivity contribution in [2.75, 3.05) is 25.1 Å². The summed E-state index contributed by atoms with van der Waals surface area (Å²) in [5.74, 6) is 0.879. The fraction of sp³-hybridized carbons (Fsp3) is 0.618. The van der Waals surface area contributed by atoms with Crippen LogP contribution < -0.4 is 20.3 Å². The lowest BCUT2D eigenvalue weighted by molar-refractivity contribution is 0.276. The number of fused-ring (bicyclic) bond motifs is 1. The van der Waals surface area contributed by atoms with Gasteiger partial charge < -0.3 is 19.4 Å². The van der Waals surface area contributed by atoms with Crippen LogP contribution >= 0.6 is 0 Å². The molecule has 0 fully saturated rings. The van der Waals surface area contributed by atoms with Gasteiger partial charge in [-0.25, -0.2) is 0 Å². The van der Waals surface area contributed by atoms with Gasteiger partial charge in [0.05, 0.1) is 12.1 Å². The summed E-state index contributed by atoms with van der Waals surface area (Å²) in [6.45, 7) is 12.7. The molecule has 0 spiro atoms. The predicted molar refractivity (Wildman–Crippen MR) is 169 cm³/mol. The summed E-state index contributed by atoms with van der Waals surface area (Å²) >= 11 is 0. The molecule has 2 aromatic rings. The first-order valence-corrected chi connectivity index (χ1v) is 15.3. The summed E-state index contributed by atoms with van der Waals surface area (Å²) in [4.78, 5) is 13.5. The van der Waals surface area contributed by atoms with Crippen LogP contribution in [0.2, 0.25) is 0 Å². The van der Waals surface area contributed by atoms with Gasteiger partial charge in [0.15, 0.2) is 5.75 Å². The van der Waals surface area contributed by atoms with E-state index in [1.807, 2.05) is 7.05 Å². The Morgan fingerprint density at radius 1 is 0.872 bits per heavy atom. The molecule has 0 saturated heterocycles. The fourth-order valence-electron chi connectivity index (χ4n) is 4.66. The Labute approximate surface area is 237 Å². The van der Waals surface area contributed by atoms with Gasteiger partial charge in [0.1, 0.15) is 6.61 Å². The van der Waals surface area contributed by atoms with Crippen LogP contribution in [0.5, 0.6) is 11.5 Å². The molecule has 0 radical (unpaired) electrons. The highest BCUT2D eigenvalue weighted by Crippen LogP contribution is 2.34. The molecule has 0 unspecified atom stereocenters. The number of rotatable bonds is 20. The lowest BCUT2D eigenvalue weighted by Gasteiger charge is -2.18. The molecular weight excluding hydrogens is 484 g/mol. The molecule has 1 N–H and O–H groups in total. The molecule has 0 bridgehead atoms. The van der Waals surface area contributed by atoms with Crippen LogP contribution in [-0.2, 0) is 7.05 Å². The van der Waals surface area contributed by atoms with E-state index in [9.17, 15) is 4.79 Å². The molecule has 2 rings (SSSR count). The molecule has 0 aliphatic heterocycles. The molecule has 0 aliphatic carbocycles. The van der Waals surface area contributed by atoms with Crippen LogP contribution in [0, 0.1) is 0 Å². The fourth-order valence-corrected chi connectivity index (χ4v) is 4.66. The van der Waals surface area contributed by atoms with Crippen molar-refractivity contribution in [2.24, 2.45) is 7.05 Å². The Balaban J connectivity index is 2.21. The third-order valence-electron chi connectivity index (χ3n) is 7.16. The Morgan fingerprint density at radius 2 is 1.56 bits per heavy atom. The molecule has 218 valence electrons. The zero-order valence-electron chi connectivity index (χ0n) is 25.7. The van der Waals surface area contributed by atoms with Crippen LogP contribution in [0.1, 0.15) is 112 Å². The number of nitrogens with zero attached hydrogens (tertiary/aromatic N) is 1. The highest BCUT2D eigenvalue weighted by Gasteiger charge is 2.18. The number of hydrogen-bond donors (Lipinski definition) is 1. The summed E-state index contributed by atoms with van der Waals surface area (Å²) in [7, 11) is 1.82. The van der Waals surface area contributed by atoms with Gasteiger partial charge in [-0.3, -0.25) is 4.79 Å². The van der Waals surface area contributed by atoms with Gasteiger partial charge in [0.2, 0.25) is 5.75 Å². The van der Waals surface area contributed by atoms with Gasteiger partial charge in [0.25, 0.3) is 5.56 Å². The monoisotopic (exact) mass is 538 g/mol. The number of unbranched alkanes of at least 4 members (excludes halogenated alkanes) is 8. The van der Waals surface area contributed by atoms with Crippen molar-refractivity contribution >= 4 is 16.6 Å². The van der Waals surface area contributed by atoms with E-state index in [-0.39, 0.29) is 5.56 Å². The molecular formula is C34H54N2O3. The largest absolute Gasteiger partial charge is 0.489 e. The van der Waals surface area contributed by atoms with Crippen molar-refractivity contribution in [3.05, 3.63) is 51.9 Å². The summed E-state index contributed by atoms with van der Waals surface area (Å²) in [5.41, 5.74) is 4.32. The zero-order valence-corrected chi connectivity index (χ0v) is 25.7. The van der Waals surface area contributed by atoms with Gasteiger partial charge in [0, 0.05) is 24.7 Å². The Morgan fingerprint density at radius 3 is 2.28 bits per heavy atom. The molecule has 0 amide bonds. The van der Waals surface area contributed by atoms with E-state index < -0.39 is 0 Å². The number of pyridine rings is 1. The van der Waals surface area contributed by atoms with E-state index >= 15 is 0 Å². The molecule has 1 aromatic heterocycles. The molecule has 5 nitrogen and oxygen atoms in total. The SMILES string of the molecule is CCCCCCCCNc1ccc2c(OCCCCCC)c(OCC=C(C)CCC=C(C)C)c(=O)n(C)c2c1. The van der Waals surface area contributed by atoms with Crippen molar-refractivity contribution < 1.29 is 9.47 Å². The van der Waals surface area contributed by atoms with Crippen molar-refractivity contribution in [1.82, 2.24) is 4.57 Å². The molecule has 5 heteroatoms. The van der Waals surface area contributed by atoms with Gasteiger partial charge in [-0.05, 0) is 70.7 Å². The lowest BCUT2D eigenvalue weighted by atomic mass is 10.1. The van der Waals surface area contributed by atoms with E-state index in [1.54, 1.807) is 4.57 Å². The first-order chi connectivity index (χ1) is 18.9. The third-order valence-corrected chi connectivity index (χ3v) is 7.16. The third kappa shape index (κ3) is 11.5. The molecule has 1 aromatic carbocycles. The minimum atomic E-state index is -0.158. The summed E-state index contributed by atoms with van der Waals surface area (Å²) in [5, 5.41) is 4.46. The number of aryl methyl sites for hydroxylation is 1. The molecule has 1 heterocycles. The zero-order chi connectivity index (χ0) is 28.5. The van der Waals surface area contributed by atoms with Crippen LogP contribution in [0.4, 0.5) is 5.69 Å². The van der Waals surface area contributed by atoms with Crippen LogP contribution in [0.15, 0.2) is 46.3 Å². The number of nitrogens with one attached hydrogen (secondary N) is 1. The maximum atomic E-state index is 13.5. The van der Waals surface area contributed by atoms with E-state index in [4.69, 9.17) is 9.47 Å². The van der Waals surface area contributed by atoms with Crippen LogP contribution in [-0.4, -0.2) is 24.3 Å². The second-order valence-corrected chi connectivity index (χ2v) is 11.0. The Bertz CT molecular complexity index is 1110. The first kappa shape index (κ1) is 32.5. The average molecular weight is 539 g/mol. The molecule has 0 atom stereocenters. The Kier molecular flexibility index (Phi) is 15.5. The van der Waals surface area contributed by atoms with Gasteiger partial charge in [-0.2, -0.15) is 0 Å². The minimum absolute atomic E-state index is 0.158. The Hall–Kier alpha value is -2.69. The van der Waals surface area contributed by atoms with E-state index in [2.05, 4.69) is 70.3 Å². The van der Waals surface area contributed by atoms with Crippen molar-refractivity contribution in [2.45, 2.75) is 112 Å². The smallest absolute Gasteiger partial charge is 0.297 e. The number of hydrogen-bond acceptors (Lipinski definition) is 4. The maximum Gasteiger partial charge on any atom is 0.297 e. The van der Waals surface area contributed by atoms with E-state index in [1.165, 1.54) is 56.1 Å². The van der Waals surface area contributed by atoms with Crippen molar-refractivity contribution in [1.29, 1.82) is 0 Å². The first-order valence-electron chi connectivity index (χ1n) is 15.3. The lowest BCUT2D eigenvalue weighted by Crippen LogP contribution is -2.21. The topological polar surface area (TPSA) is 52.5 Å². The predicted octanol–water partition coefficient (Wildman–Crippen LogP) is 9.34. The van der Waals surface area contributed by atoms with Crippen LogP contribution in [0.3, 0.4) is 0 Å². The molecule has 0 aliphatic rings. The highest BCUT2D eigenvalue weighted by molar-refractivity contribution is 5.90. The van der Waals surface area contributed by atoms with Crippen LogP contribution in [0.25, 0.3) is 10.9 Å². The number of benzene rings is 1. The standard InChI is InChI=1S/C34H54N2O3/c1-7-9-11-13-14-15-23-35-29-20-21-30-31(26-29)36(6)34(37)33(32(30)38-24-16-12-10-8-2)39-25-22-28(5)19-17-18-27(3)4/h18,20-22,26,35H,7-17,19,23-25H2,1-6H3. The average Bonchev–Trinajstić information content (AvgIpc) is 2.91. The second-order valence-electron chi connectivity index (χ2n) is 11.0. The number of ether oxygens (including phenoxy) is 2. The molecule has 39 heavy (non-hydrogen) atoms. The van der Waals surface area contributed by atoms with Gasteiger partial charge >= 0.3 is 0 Å². The number of allylic oxidation sites excluding steroid dienone is 3. The quantitative estimate of drug-likeness (QED) is 0.135. The minimum Gasteiger partial charge on any atom is -0.489 e. The van der Waals surface area contributed by atoms with Gasteiger partial charge in [-0.1, -0.05) is 82.4 Å². The second kappa shape index (κ2) is 18.6. The summed E-state index contributed by atoms with van der Waals surface area (Å²) in [6, 6.07) is 6.22. The molecule has 0 saturated carbocycles. The summed E-state index contributed by atoms with van der Waals surface area (Å²) < 4.78 is 14.1. The number of anilines is 1. The van der Waals surface area contributed by atoms with Crippen molar-refractivity contribution in [3.8, 4) is 11.5 Å².